The molecular weight excluding hydrogens is 206 g/mol. The predicted octanol–water partition coefficient (Wildman–Crippen LogP) is 4.37. The van der Waals surface area contributed by atoms with E-state index in [1.807, 2.05) is 0 Å². The van der Waals surface area contributed by atoms with E-state index in [0.717, 1.165) is 23.8 Å². The summed E-state index contributed by atoms with van der Waals surface area (Å²) in [5.41, 5.74) is 0. The van der Waals surface area contributed by atoms with Gasteiger partial charge in [-0.25, -0.2) is 0 Å². The molecule has 0 saturated heterocycles. The summed E-state index contributed by atoms with van der Waals surface area (Å²) >= 11 is 0. The van der Waals surface area contributed by atoms with Crippen LogP contribution >= 0.6 is 0 Å². The van der Waals surface area contributed by atoms with Gasteiger partial charge < -0.3 is 5.32 Å². The molecule has 1 nitrogen and oxygen atoms in total. The first-order chi connectivity index (χ1) is 8.33. The molecule has 2 rings (SSSR count). The van der Waals surface area contributed by atoms with E-state index < -0.39 is 0 Å². The molecule has 17 heavy (non-hydrogen) atoms. The van der Waals surface area contributed by atoms with E-state index >= 15 is 0 Å². The molecule has 0 aliphatic heterocycles. The minimum absolute atomic E-state index is 0.823. The first-order valence-electron chi connectivity index (χ1n) is 8.00. The van der Waals surface area contributed by atoms with Crippen LogP contribution in [-0.2, 0) is 0 Å². The Kier molecular flexibility index (Phi) is 5.34. The van der Waals surface area contributed by atoms with Crippen LogP contribution in [0.3, 0.4) is 0 Å². The lowest BCUT2D eigenvalue weighted by Gasteiger charge is -2.37. The molecule has 0 bridgehead atoms. The van der Waals surface area contributed by atoms with Crippen molar-refractivity contribution in [2.45, 2.75) is 77.2 Å². The van der Waals surface area contributed by atoms with Gasteiger partial charge in [0.25, 0.3) is 0 Å². The molecule has 2 fully saturated rings. The highest BCUT2D eigenvalue weighted by molar-refractivity contribution is 4.86. The highest BCUT2D eigenvalue weighted by Gasteiger charge is 2.31. The summed E-state index contributed by atoms with van der Waals surface area (Å²) in [4.78, 5) is 0. The first-order valence-corrected chi connectivity index (χ1v) is 8.00. The lowest BCUT2D eigenvalue weighted by molar-refractivity contribution is 0.172. The van der Waals surface area contributed by atoms with Gasteiger partial charge in [-0.15, -0.1) is 0 Å². The van der Waals surface area contributed by atoms with Crippen LogP contribution in [0, 0.1) is 17.8 Å². The second-order valence-corrected chi connectivity index (χ2v) is 6.51. The quantitative estimate of drug-likeness (QED) is 0.748. The Morgan fingerprint density at radius 2 is 1.76 bits per heavy atom. The Morgan fingerprint density at radius 1 is 1.00 bits per heavy atom. The molecule has 1 heteroatoms. The van der Waals surface area contributed by atoms with E-state index in [0.29, 0.717) is 0 Å². The van der Waals surface area contributed by atoms with Crippen LogP contribution in [0.2, 0.25) is 0 Å². The van der Waals surface area contributed by atoms with Gasteiger partial charge in [-0.3, -0.25) is 0 Å². The minimum atomic E-state index is 0.823. The van der Waals surface area contributed by atoms with Gasteiger partial charge in [-0.2, -0.15) is 0 Å². The minimum Gasteiger partial charge on any atom is -0.317 e. The Morgan fingerprint density at radius 3 is 2.41 bits per heavy atom. The third kappa shape index (κ3) is 3.71. The molecule has 0 spiro atoms. The van der Waals surface area contributed by atoms with Gasteiger partial charge in [-0.05, 0) is 50.5 Å². The molecule has 1 N–H and O–H groups in total. The summed E-state index contributed by atoms with van der Waals surface area (Å²) in [7, 11) is 2.17. The standard InChI is InChI=1S/C16H31N/c1-3-6-13-9-10-16(17-2)15(11-13)12-14-7-4-5-8-14/h13-17H,3-12H2,1-2H3. The van der Waals surface area contributed by atoms with Gasteiger partial charge in [0.05, 0.1) is 0 Å². The van der Waals surface area contributed by atoms with Crippen LogP contribution in [0.25, 0.3) is 0 Å². The molecule has 0 aromatic rings. The fourth-order valence-corrected chi connectivity index (χ4v) is 4.35. The maximum absolute atomic E-state index is 3.59. The largest absolute Gasteiger partial charge is 0.317 e. The summed E-state index contributed by atoms with van der Waals surface area (Å²) in [5.74, 6) is 3.08. The number of hydrogen-bond donors (Lipinski definition) is 1. The monoisotopic (exact) mass is 237 g/mol. The summed E-state index contributed by atoms with van der Waals surface area (Å²) < 4.78 is 0. The summed E-state index contributed by atoms with van der Waals surface area (Å²) in [6, 6.07) is 0.823. The number of nitrogens with one attached hydrogen (secondary N) is 1. The average Bonchev–Trinajstić information content (AvgIpc) is 2.83. The molecular formula is C16H31N. The molecule has 0 heterocycles. The topological polar surface area (TPSA) is 12.0 Å². The Bertz CT molecular complexity index is 208. The van der Waals surface area contributed by atoms with Gasteiger partial charge in [0, 0.05) is 6.04 Å². The van der Waals surface area contributed by atoms with Gasteiger partial charge >= 0.3 is 0 Å². The molecule has 0 aromatic heterocycles. The van der Waals surface area contributed by atoms with Gasteiger partial charge in [0.15, 0.2) is 0 Å². The van der Waals surface area contributed by atoms with Crippen LogP contribution in [-0.4, -0.2) is 13.1 Å². The number of hydrogen-bond acceptors (Lipinski definition) is 1. The lowest BCUT2D eigenvalue weighted by Crippen LogP contribution is -2.39. The number of rotatable bonds is 5. The molecule has 0 amide bonds. The molecule has 2 saturated carbocycles. The van der Waals surface area contributed by atoms with Gasteiger partial charge in [0.2, 0.25) is 0 Å². The zero-order chi connectivity index (χ0) is 12.1. The fraction of sp³-hybridized carbons (Fsp3) is 1.00. The van der Waals surface area contributed by atoms with Crippen LogP contribution in [0.4, 0.5) is 0 Å². The van der Waals surface area contributed by atoms with Crippen molar-refractivity contribution in [3.05, 3.63) is 0 Å². The maximum atomic E-state index is 3.59. The smallest absolute Gasteiger partial charge is 0.00926 e. The Labute approximate surface area is 108 Å². The first kappa shape index (κ1) is 13.4. The Balaban J connectivity index is 1.85. The molecule has 3 atom stereocenters. The van der Waals surface area contributed by atoms with Crippen LogP contribution < -0.4 is 5.32 Å². The third-order valence-corrected chi connectivity index (χ3v) is 5.27. The zero-order valence-electron chi connectivity index (χ0n) is 11.9. The van der Waals surface area contributed by atoms with E-state index in [4.69, 9.17) is 0 Å². The lowest BCUT2D eigenvalue weighted by atomic mass is 9.73. The van der Waals surface area contributed by atoms with Gasteiger partial charge in [-0.1, -0.05) is 45.4 Å². The fourth-order valence-electron chi connectivity index (χ4n) is 4.35. The van der Waals surface area contributed by atoms with Crippen molar-refractivity contribution >= 4 is 0 Å². The van der Waals surface area contributed by atoms with Crippen molar-refractivity contribution in [2.75, 3.05) is 7.05 Å². The second-order valence-electron chi connectivity index (χ2n) is 6.51. The van der Waals surface area contributed by atoms with Crippen molar-refractivity contribution < 1.29 is 0 Å². The molecule has 0 aromatic carbocycles. The third-order valence-electron chi connectivity index (χ3n) is 5.27. The summed E-state index contributed by atoms with van der Waals surface area (Å²) in [5, 5.41) is 3.59. The highest BCUT2D eigenvalue weighted by atomic mass is 14.9. The maximum Gasteiger partial charge on any atom is 0.00926 e. The van der Waals surface area contributed by atoms with Crippen LogP contribution in [0.5, 0.6) is 0 Å². The van der Waals surface area contributed by atoms with Crippen molar-refractivity contribution in [3.8, 4) is 0 Å². The van der Waals surface area contributed by atoms with Crippen LogP contribution in [0.15, 0.2) is 0 Å². The molecule has 0 radical (unpaired) electrons. The normalized spacial score (nSPS) is 35.3. The average molecular weight is 237 g/mol. The van der Waals surface area contributed by atoms with Crippen molar-refractivity contribution in [1.29, 1.82) is 0 Å². The van der Waals surface area contributed by atoms with E-state index in [1.54, 1.807) is 0 Å². The second kappa shape index (κ2) is 6.78. The predicted molar refractivity (Wildman–Crippen MR) is 75.2 cm³/mol. The summed E-state index contributed by atoms with van der Waals surface area (Å²) in [6.07, 6.45) is 14.8. The van der Waals surface area contributed by atoms with Crippen molar-refractivity contribution in [3.63, 3.8) is 0 Å². The van der Waals surface area contributed by atoms with Gasteiger partial charge in [0.1, 0.15) is 0 Å². The SMILES string of the molecule is CCCC1CCC(NC)C(CC2CCCC2)C1. The molecule has 2 aliphatic rings. The zero-order valence-corrected chi connectivity index (χ0v) is 11.9. The van der Waals surface area contributed by atoms with Crippen molar-refractivity contribution in [1.82, 2.24) is 5.32 Å². The van der Waals surface area contributed by atoms with Crippen LogP contribution in [0.1, 0.15) is 71.1 Å². The van der Waals surface area contributed by atoms with E-state index in [9.17, 15) is 0 Å². The van der Waals surface area contributed by atoms with E-state index in [-0.39, 0.29) is 0 Å². The molecule has 3 unspecified atom stereocenters. The van der Waals surface area contributed by atoms with E-state index in [1.165, 1.54) is 64.2 Å². The molecule has 2 aliphatic carbocycles. The summed E-state index contributed by atoms with van der Waals surface area (Å²) in [6.45, 7) is 2.34. The van der Waals surface area contributed by atoms with Crippen molar-refractivity contribution in [2.24, 2.45) is 17.8 Å². The van der Waals surface area contributed by atoms with E-state index in [2.05, 4.69) is 19.3 Å². The molecule has 100 valence electrons. The highest BCUT2D eigenvalue weighted by Crippen LogP contribution is 2.39. The Hall–Kier alpha value is -0.0400.